The molecule has 0 aliphatic carbocycles. The summed E-state index contributed by atoms with van der Waals surface area (Å²) in [5, 5.41) is 12.2. The molecule has 0 spiro atoms. The number of nitrogens with one attached hydrogen (secondary N) is 1. The molecule has 1 amide bonds. The van der Waals surface area contributed by atoms with E-state index >= 15 is 0 Å². The van der Waals surface area contributed by atoms with Gasteiger partial charge in [0.2, 0.25) is 0 Å². The van der Waals surface area contributed by atoms with Crippen LogP contribution in [0.25, 0.3) is 6.08 Å². The normalized spacial score (nSPS) is 20.8. The molecule has 0 radical (unpaired) electrons. The van der Waals surface area contributed by atoms with E-state index in [0.717, 1.165) is 0 Å². The summed E-state index contributed by atoms with van der Waals surface area (Å²) in [4.78, 5) is 12.0. The largest absolute Gasteiger partial charge is 0.348 e. The molecule has 21 heavy (non-hydrogen) atoms. The zero-order valence-electron chi connectivity index (χ0n) is 11.0. The van der Waals surface area contributed by atoms with Crippen molar-refractivity contribution in [2.75, 3.05) is 11.5 Å². The van der Waals surface area contributed by atoms with Gasteiger partial charge in [-0.1, -0.05) is 23.7 Å². The molecule has 1 saturated heterocycles. The first kappa shape index (κ1) is 15.5. The van der Waals surface area contributed by atoms with Gasteiger partial charge in [-0.15, -0.1) is 0 Å². The maximum absolute atomic E-state index is 12.0. The first-order valence-electron chi connectivity index (χ1n) is 6.28. The van der Waals surface area contributed by atoms with Crippen molar-refractivity contribution in [2.24, 2.45) is 0 Å². The smallest absolute Gasteiger partial charge is 0.262 e. The fourth-order valence-electron chi connectivity index (χ4n) is 2.05. The number of hydrogen-bond acceptors (Lipinski definition) is 4. The van der Waals surface area contributed by atoms with Gasteiger partial charge < -0.3 is 5.32 Å². The average molecular weight is 325 g/mol. The van der Waals surface area contributed by atoms with E-state index in [1.807, 2.05) is 6.07 Å². The minimum Gasteiger partial charge on any atom is -0.348 e. The number of amides is 1. The Morgan fingerprint density at radius 3 is 2.57 bits per heavy atom. The van der Waals surface area contributed by atoms with Crippen LogP contribution in [-0.2, 0) is 14.6 Å². The molecule has 0 bridgehead atoms. The molecule has 2 rings (SSSR count). The van der Waals surface area contributed by atoms with Gasteiger partial charge in [-0.05, 0) is 30.2 Å². The van der Waals surface area contributed by atoms with Crippen LogP contribution in [0.1, 0.15) is 12.0 Å². The van der Waals surface area contributed by atoms with Crippen LogP contribution in [0.5, 0.6) is 0 Å². The van der Waals surface area contributed by atoms with E-state index in [-0.39, 0.29) is 17.1 Å². The SMILES string of the molecule is N#C/C(=C\c1ccc(Cl)cc1)C(=O)NC1CCS(=O)(=O)C1. The minimum atomic E-state index is -3.07. The molecule has 110 valence electrons. The lowest BCUT2D eigenvalue weighted by Crippen LogP contribution is -2.36. The molecule has 0 saturated carbocycles. The summed E-state index contributed by atoms with van der Waals surface area (Å²) >= 11 is 5.76. The van der Waals surface area contributed by atoms with Crippen LogP contribution >= 0.6 is 11.6 Å². The molecule has 0 aromatic heterocycles. The molecule has 1 unspecified atom stereocenters. The van der Waals surface area contributed by atoms with E-state index in [2.05, 4.69) is 5.32 Å². The van der Waals surface area contributed by atoms with Crippen LogP contribution in [0.3, 0.4) is 0 Å². The van der Waals surface area contributed by atoms with Gasteiger partial charge in [0, 0.05) is 11.1 Å². The number of sulfone groups is 1. The van der Waals surface area contributed by atoms with Crippen molar-refractivity contribution in [2.45, 2.75) is 12.5 Å². The van der Waals surface area contributed by atoms with E-state index in [1.54, 1.807) is 24.3 Å². The summed E-state index contributed by atoms with van der Waals surface area (Å²) in [5.41, 5.74) is 0.603. The van der Waals surface area contributed by atoms with Crippen LogP contribution < -0.4 is 5.32 Å². The number of nitrogens with zero attached hydrogens (tertiary/aromatic N) is 1. The zero-order chi connectivity index (χ0) is 15.5. The maximum Gasteiger partial charge on any atom is 0.262 e. The Morgan fingerprint density at radius 1 is 1.38 bits per heavy atom. The van der Waals surface area contributed by atoms with Crippen LogP contribution in [-0.4, -0.2) is 31.9 Å². The highest BCUT2D eigenvalue weighted by atomic mass is 35.5. The van der Waals surface area contributed by atoms with Crippen molar-refractivity contribution in [1.29, 1.82) is 5.26 Å². The quantitative estimate of drug-likeness (QED) is 0.675. The van der Waals surface area contributed by atoms with E-state index in [4.69, 9.17) is 16.9 Å². The Labute approximate surface area is 128 Å². The first-order valence-corrected chi connectivity index (χ1v) is 8.48. The molecule has 5 nitrogen and oxygen atoms in total. The number of rotatable bonds is 3. The molecule has 1 aromatic carbocycles. The third-order valence-corrected chi connectivity index (χ3v) is 5.13. The molecule has 1 atom stereocenters. The van der Waals surface area contributed by atoms with Crippen LogP contribution in [0, 0.1) is 11.3 Å². The van der Waals surface area contributed by atoms with Gasteiger partial charge >= 0.3 is 0 Å². The molecule has 1 aliphatic heterocycles. The highest BCUT2D eigenvalue weighted by molar-refractivity contribution is 7.91. The fourth-order valence-corrected chi connectivity index (χ4v) is 3.85. The number of carbonyl (C=O) groups excluding carboxylic acids is 1. The van der Waals surface area contributed by atoms with Crippen LogP contribution in [0.15, 0.2) is 29.8 Å². The fraction of sp³-hybridized carbons (Fsp3) is 0.286. The summed E-state index contributed by atoms with van der Waals surface area (Å²) in [6.45, 7) is 0. The molecule has 1 heterocycles. The highest BCUT2D eigenvalue weighted by Gasteiger charge is 2.29. The third kappa shape index (κ3) is 4.31. The minimum absolute atomic E-state index is 0.0679. The second-order valence-electron chi connectivity index (χ2n) is 4.79. The van der Waals surface area contributed by atoms with Crippen molar-refractivity contribution in [3.63, 3.8) is 0 Å². The summed E-state index contributed by atoms with van der Waals surface area (Å²) < 4.78 is 22.7. The molecule has 1 aliphatic rings. The van der Waals surface area contributed by atoms with E-state index in [1.165, 1.54) is 6.08 Å². The molecule has 1 N–H and O–H groups in total. The predicted molar refractivity (Wildman–Crippen MR) is 80.2 cm³/mol. The monoisotopic (exact) mass is 324 g/mol. The lowest BCUT2D eigenvalue weighted by Gasteiger charge is -2.09. The topological polar surface area (TPSA) is 87.0 Å². The van der Waals surface area contributed by atoms with Crippen molar-refractivity contribution >= 4 is 33.4 Å². The van der Waals surface area contributed by atoms with E-state index < -0.39 is 21.8 Å². The van der Waals surface area contributed by atoms with Gasteiger partial charge in [0.1, 0.15) is 11.6 Å². The Bertz CT molecular complexity index is 718. The molecule has 7 heteroatoms. The lowest BCUT2D eigenvalue weighted by atomic mass is 10.1. The number of hydrogen-bond donors (Lipinski definition) is 1. The Kier molecular flexibility index (Phi) is 4.66. The Morgan fingerprint density at radius 2 is 2.05 bits per heavy atom. The second kappa shape index (κ2) is 6.29. The molecule has 1 fully saturated rings. The number of benzene rings is 1. The Hall–Kier alpha value is -1.84. The van der Waals surface area contributed by atoms with Gasteiger partial charge in [-0.3, -0.25) is 4.79 Å². The number of halogens is 1. The summed E-state index contributed by atoms with van der Waals surface area (Å²) in [5.74, 6) is -0.561. The Balaban J connectivity index is 2.09. The van der Waals surface area contributed by atoms with Gasteiger partial charge in [0.15, 0.2) is 9.84 Å². The summed E-state index contributed by atoms with van der Waals surface area (Å²) in [6.07, 6.45) is 1.82. The average Bonchev–Trinajstić information content (AvgIpc) is 2.77. The zero-order valence-corrected chi connectivity index (χ0v) is 12.6. The highest BCUT2D eigenvalue weighted by Crippen LogP contribution is 2.14. The molecule has 1 aromatic rings. The van der Waals surface area contributed by atoms with Crippen LogP contribution in [0.4, 0.5) is 0 Å². The third-order valence-electron chi connectivity index (χ3n) is 3.11. The predicted octanol–water partition coefficient (Wildman–Crippen LogP) is 1.55. The number of carbonyl (C=O) groups is 1. The number of nitriles is 1. The van der Waals surface area contributed by atoms with Gasteiger partial charge in [0.05, 0.1) is 11.5 Å². The summed E-state index contributed by atoms with van der Waals surface area (Å²) in [7, 11) is -3.07. The van der Waals surface area contributed by atoms with Crippen LogP contribution in [0.2, 0.25) is 5.02 Å². The summed E-state index contributed by atoms with van der Waals surface area (Å²) in [6, 6.07) is 8.09. The maximum atomic E-state index is 12.0. The van der Waals surface area contributed by atoms with Crippen molar-refractivity contribution in [1.82, 2.24) is 5.32 Å². The molecular formula is C14H13ClN2O3S. The molecular weight excluding hydrogens is 312 g/mol. The van der Waals surface area contributed by atoms with Crippen molar-refractivity contribution in [3.05, 3.63) is 40.4 Å². The van der Waals surface area contributed by atoms with E-state index in [9.17, 15) is 13.2 Å². The van der Waals surface area contributed by atoms with Crippen molar-refractivity contribution in [3.8, 4) is 6.07 Å². The van der Waals surface area contributed by atoms with Gasteiger partial charge in [-0.25, -0.2) is 8.42 Å². The van der Waals surface area contributed by atoms with Gasteiger partial charge in [0.25, 0.3) is 5.91 Å². The van der Waals surface area contributed by atoms with Crippen molar-refractivity contribution < 1.29 is 13.2 Å². The van der Waals surface area contributed by atoms with E-state index in [0.29, 0.717) is 17.0 Å². The second-order valence-corrected chi connectivity index (χ2v) is 7.46. The first-order chi connectivity index (χ1) is 9.89. The standard InChI is InChI=1S/C14H13ClN2O3S/c15-12-3-1-10(2-4-12)7-11(8-16)14(18)17-13-5-6-21(19,20)9-13/h1-4,7,13H,5-6,9H2,(H,17,18)/b11-7+. The lowest BCUT2D eigenvalue weighted by molar-refractivity contribution is -0.117. The van der Waals surface area contributed by atoms with Gasteiger partial charge in [-0.2, -0.15) is 5.26 Å².